The van der Waals surface area contributed by atoms with Crippen molar-refractivity contribution in [3.8, 4) is 0 Å². The Hall–Kier alpha value is -3.45. The molecule has 0 spiro atoms. The molecule has 2 bridgehead atoms. The minimum Gasteiger partial charge on any atom is -0.457 e. The highest BCUT2D eigenvalue weighted by molar-refractivity contribution is 9.10. The number of benzene rings is 4. The monoisotopic (exact) mass is 631 g/mol. The predicted molar refractivity (Wildman–Crippen MR) is 155 cm³/mol. The van der Waals surface area contributed by atoms with E-state index in [2.05, 4.69) is 15.9 Å². The number of alkyl halides is 2. The second-order valence-electron chi connectivity index (χ2n) is 10.2. The van der Waals surface area contributed by atoms with Gasteiger partial charge in [0.25, 0.3) is 0 Å². The number of ether oxygens (including phenoxy) is 1. The van der Waals surface area contributed by atoms with Crippen molar-refractivity contribution in [3.63, 3.8) is 0 Å². The van der Waals surface area contributed by atoms with Gasteiger partial charge in [0.1, 0.15) is 16.4 Å². The molecule has 1 saturated heterocycles. The molecule has 4 aliphatic rings. The second kappa shape index (κ2) is 9.03. The zero-order chi connectivity index (χ0) is 27.8. The van der Waals surface area contributed by atoms with Gasteiger partial charge in [-0.15, -0.1) is 23.2 Å². The van der Waals surface area contributed by atoms with E-state index in [4.69, 9.17) is 27.9 Å². The van der Waals surface area contributed by atoms with Gasteiger partial charge in [-0.05, 0) is 58.1 Å². The quantitative estimate of drug-likeness (QED) is 0.139. The van der Waals surface area contributed by atoms with Crippen LogP contribution in [0.1, 0.15) is 38.2 Å². The number of hydrogen-bond acceptors (Lipinski definition) is 4. The summed E-state index contributed by atoms with van der Waals surface area (Å²) in [5.74, 6) is -3.29. The standard InChI is InChI=1S/C32H20BrCl2NO4/c33-20-14-12-18(13-15-20)17-40-30(39)19-6-5-7-21(16-19)36-28(37)26-27(29(36)38)32(35)23-9-2-1-8-22(23)31(26,34)24-10-3-4-11-25(24)32/h1-16,26-27H,17H2/t26-,27+,31?,32?. The van der Waals surface area contributed by atoms with Crippen molar-refractivity contribution in [3.05, 3.63) is 135 Å². The summed E-state index contributed by atoms with van der Waals surface area (Å²) in [6, 6.07) is 28.8. The molecule has 0 aromatic heterocycles. The third-order valence-electron chi connectivity index (χ3n) is 8.21. The summed E-state index contributed by atoms with van der Waals surface area (Å²) in [5, 5.41) is 0. The molecule has 5 nitrogen and oxygen atoms in total. The summed E-state index contributed by atoms with van der Waals surface area (Å²) in [4.78, 5) is 39.9. The molecular weight excluding hydrogens is 613 g/mol. The van der Waals surface area contributed by atoms with E-state index in [-0.39, 0.29) is 17.9 Å². The van der Waals surface area contributed by atoms with Crippen LogP contribution in [-0.2, 0) is 30.7 Å². The molecule has 1 heterocycles. The van der Waals surface area contributed by atoms with E-state index in [1.165, 1.54) is 6.07 Å². The minimum atomic E-state index is -1.27. The zero-order valence-electron chi connectivity index (χ0n) is 20.8. The van der Waals surface area contributed by atoms with E-state index >= 15 is 0 Å². The van der Waals surface area contributed by atoms with Gasteiger partial charge in [-0.1, -0.05) is 82.7 Å². The van der Waals surface area contributed by atoms with E-state index in [0.717, 1.165) is 37.2 Å². The Morgan fingerprint density at radius 3 is 1.75 bits per heavy atom. The lowest BCUT2D eigenvalue weighted by atomic mass is 9.54. The summed E-state index contributed by atoms with van der Waals surface area (Å²) >= 11 is 18.4. The van der Waals surface area contributed by atoms with E-state index in [9.17, 15) is 14.4 Å². The summed E-state index contributed by atoms with van der Waals surface area (Å²) < 4.78 is 6.42. The fraction of sp³-hybridized carbons (Fsp3) is 0.156. The van der Waals surface area contributed by atoms with E-state index in [1.807, 2.05) is 72.8 Å². The fourth-order valence-electron chi connectivity index (χ4n) is 6.51. The molecule has 198 valence electrons. The maximum Gasteiger partial charge on any atom is 0.338 e. The number of anilines is 1. The Kier molecular flexibility index (Phi) is 5.76. The maximum absolute atomic E-state index is 14.2. The molecule has 1 fully saturated rings. The first-order chi connectivity index (χ1) is 19.3. The highest BCUT2D eigenvalue weighted by atomic mass is 79.9. The predicted octanol–water partition coefficient (Wildman–Crippen LogP) is 6.90. The van der Waals surface area contributed by atoms with Gasteiger partial charge in [0.2, 0.25) is 11.8 Å². The molecule has 4 aromatic carbocycles. The summed E-state index contributed by atoms with van der Waals surface area (Å²) in [6.45, 7) is 0.0854. The van der Waals surface area contributed by atoms with Crippen LogP contribution in [0.2, 0.25) is 0 Å². The van der Waals surface area contributed by atoms with Crippen molar-refractivity contribution in [2.75, 3.05) is 4.90 Å². The molecule has 0 radical (unpaired) electrons. The number of halogens is 3. The van der Waals surface area contributed by atoms with Crippen molar-refractivity contribution in [1.29, 1.82) is 0 Å². The van der Waals surface area contributed by atoms with Gasteiger partial charge in [0, 0.05) is 4.47 Å². The van der Waals surface area contributed by atoms with Crippen LogP contribution in [-0.4, -0.2) is 17.8 Å². The first-order valence-electron chi connectivity index (χ1n) is 12.7. The number of carbonyl (C=O) groups excluding carboxylic acids is 3. The number of rotatable bonds is 4. The van der Waals surface area contributed by atoms with Crippen molar-refractivity contribution < 1.29 is 19.1 Å². The maximum atomic E-state index is 14.2. The molecule has 8 heteroatoms. The average molecular weight is 633 g/mol. The second-order valence-corrected chi connectivity index (χ2v) is 12.3. The lowest BCUT2D eigenvalue weighted by Crippen LogP contribution is -2.57. The average Bonchev–Trinajstić information content (AvgIpc) is 3.26. The number of nitrogens with zero attached hydrogens (tertiary/aromatic N) is 1. The highest BCUT2D eigenvalue weighted by Crippen LogP contribution is 2.69. The van der Waals surface area contributed by atoms with Gasteiger partial charge in [-0.3, -0.25) is 9.59 Å². The lowest BCUT2D eigenvalue weighted by Gasteiger charge is -2.54. The topological polar surface area (TPSA) is 63.7 Å². The molecule has 40 heavy (non-hydrogen) atoms. The van der Waals surface area contributed by atoms with Crippen LogP contribution in [0, 0.1) is 11.8 Å². The first-order valence-corrected chi connectivity index (χ1v) is 14.3. The molecule has 2 amide bonds. The van der Waals surface area contributed by atoms with Gasteiger partial charge in [-0.2, -0.15) is 0 Å². The molecule has 0 N–H and O–H groups in total. The Balaban J connectivity index is 1.27. The number of esters is 1. The Bertz CT molecular complexity index is 1620. The van der Waals surface area contributed by atoms with Crippen LogP contribution in [0.3, 0.4) is 0 Å². The van der Waals surface area contributed by atoms with Crippen LogP contribution < -0.4 is 4.90 Å². The van der Waals surface area contributed by atoms with Gasteiger partial charge < -0.3 is 4.74 Å². The van der Waals surface area contributed by atoms with Crippen molar-refractivity contribution in [2.45, 2.75) is 16.4 Å². The summed E-state index contributed by atoms with van der Waals surface area (Å²) in [6.07, 6.45) is 0. The Morgan fingerprint density at radius 2 is 1.25 bits per heavy atom. The largest absolute Gasteiger partial charge is 0.457 e. The van der Waals surface area contributed by atoms with Crippen molar-refractivity contribution in [2.24, 2.45) is 11.8 Å². The zero-order valence-corrected chi connectivity index (χ0v) is 23.9. The number of imide groups is 1. The SMILES string of the molecule is O=C(OCc1ccc(Br)cc1)c1cccc(N2C(=O)[C@@H]3[C@H](C2=O)C2(Cl)c4ccccc4C3(Cl)c3ccccc32)c1. The molecular formula is C32H20BrCl2NO4. The van der Waals surface area contributed by atoms with Crippen molar-refractivity contribution >= 4 is 62.6 Å². The Labute approximate surface area is 248 Å². The van der Waals surface area contributed by atoms with E-state index in [1.54, 1.807) is 18.2 Å². The van der Waals surface area contributed by atoms with Crippen molar-refractivity contribution in [1.82, 2.24) is 0 Å². The number of carbonyl (C=O) groups is 3. The molecule has 2 atom stereocenters. The normalized spacial score (nSPS) is 25.8. The molecule has 1 aliphatic heterocycles. The molecule has 0 saturated carbocycles. The van der Waals surface area contributed by atoms with Gasteiger partial charge in [0.05, 0.1) is 23.1 Å². The number of amides is 2. The minimum absolute atomic E-state index is 0.0854. The Morgan fingerprint density at radius 1 is 0.750 bits per heavy atom. The molecule has 4 aromatic rings. The first kappa shape index (κ1) is 25.5. The van der Waals surface area contributed by atoms with Crippen LogP contribution in [0.4, 0.5) is 5.69 Å². The van der Waals surface area contributed by atoms with Gasteiger partial charge in [-0.25, -0.2) is 9.69 Å². The number of hydrogen-bond donors (Lipinski definition) is 0. The highest BCUT2D eigenvalue weighted by Gasteiger charge is 2.73. The van der Waals surface area contributed by atoms with Crippen LogP contribution >= 0.6 is 39.1 Å². The fourth-order valence-corrected chi connectivity index (χ4v) is 7.87. The summed E-state index contributed by atoms with van der Waals surface area (Å²) in [5.41, 5.74) is 4.27. The summed E-state index contributed by atoms with van der Waals surface area (Å²) in [7, 11) is 0. The van der Waals surface area contributed by atoms with Crippen LogP contribution in [0.5, 0.6) is 0 Å². The van der Waals surface area contributed by atoms with Crippen LogP contribution in [0.15, 0.2) is 102 Å². The van der Waals surface area contributed by atoms with Gasteiger partial charge >= 0.3 is 5.97 Å². The van der Waals surface area contributed by atoms with Gasteiger partial charge in [0.15, 0.2) is 0 Å². The molecule has 8 rings (SSSR count). The molecule has 0 unspecified atom stereocenters. The van der Waals surface area contributed by atoms with Crippen LogP contribution in [0.25, 0.3) is 0 Å². The smallest absolute Gasteiger partial charge is 0.338 e. The van der Waals surface area contributed by atoms with E-state index in [0.29, 0.717) is 0 Å². The van der Waals surface area contributed by atoms with E-state index < -0.39 is 39.4 Å². The lowest BCUT2D eigenvalue weighted by molar-refractivity contribution is -0.122. The third kappa shape index (κ3) is 3.36. The molecule has 3 aliphatic carbocycles. The third-order valence-corrected chi connectivity index (χ3v) is 10.0.